The van der Waals surface area contributed by atoms with Gasteiger partial charge in [0.05, 0.1) is 16.4 Å². The van der Waals surface area contributed by atoms with Gasteiger partial charge in [-0.05, 0) is 25.7 Å². The highest BCUT2D eigenvalue weighted by atomic mass is 35.5. The second kappa shape index (κ2) is 4.73. The SMILES string of the molecule is Cc1nn(C)c(CC(NN)C2CCC2)c1Cl. The molecule has 16 heavy (non-hydrogen) atoms. The van der Waals surface area contributed by atoms with Gasteiger partial charge in [0.25, 0.3) is 0 Å². The molecule has 0 spiro atoms. The molecule has 2 rings (SSSR count). The van der Waals surface area contributed by atoms with Crippen molar-refractivity contribution in [3.63, 3.8) is 0 Å². The van der Waals surface area contributed by atoms with Crippen molar-refractivity contribution < 1.29 is 0 Å². The minimum absolute atomic E-state index is 0.320. The van der Waals surface area contributed by atoms with Crippen LogP contribution in [0.3, 0.4) is 0 Å². The molecule has 3 N–H and O–H groups in total. The van der Waals surface area contributed by atoms with Crippen molar-refractivity contribution in [1.82, 2.24) is 15.2 Å². The molecule has 1 aromatic heterocycles. The standard InChI is InChI=1S/C11H19ClN4/c1-7-11(12)10(16(2)15-7)6-9(14-13)8-4-3-5-8/h8-9,14H,3-6,13H2,1-2H3. The number of nitrogens with one attached hydrogen (secondary N) is 1. The Bertz CT molecular complexity index is 370. The summed E-state index contributed by atoms with van der Waals surface area (Å²) in [7, 11) is 1.93. The van der Waals surface area contributed by atoms with Crippen molar-refractivity contribution in [2.45, 2.75) is 38.6 Å². The van der Waals surface area contributed by atoms with Gasteiger partial charge in [0, 0.05) is 19.5 Å². The van der Waals surface area contributed by atoms with Crippen molar-refractivity contribution >= 4 is 11.6 Å². The highest BCUT2D eigenvalue weighted by Crippen LogP contribution is 2.32. The molecule has 1 saturated carbocycles. The predicted octanol–water partition coefficient (Wildman–Crippen LogP) is 1.56. The third-order valence-electron chi connectivity index (χ3n) is 3.61. The fourth-order valence-corrected chi connectivity index (χ4v) is 2.55. The summed E-state index contributed by atoms with van der Waals surface area (Å²) in [5, 5.41) is 5.10. The quantitative estimate of drug-likeness (QED) is 0.622. The molecule has 4 nitrogen and oxygen atoms in total. The molecule has 90 valence electrons. The lowest BCUT2D eigenvalue weighted by molar-refractivity contribution is 0.226. The minimum atomic E-state index is 0.320. The average molecular weight is 243 g/mol. The molecule has 0 amide bonds. The Morgan fingerprint density at radius 2 is 2.31 bits per heavy atom. The second-order valence-corrected chi connectivity index (χ2v) is 5.02. The molecule has 1 aromatic rings. The molecule has 0 aromatic carbocycles. The maximum absolute atomic E-state index is 6.23. The number of hydrogen-bond donors (Lipinski definition) is 2. The van der Waals surface area contributed by atoms with Gasteiger partial charge in [-0.1, -0.05) is 18.0 Å². The number of hydrazine groups is 1. The monoisotopic (exact) mass is 242 g/mol. The van der Waals surface area contributed by atoms with Crippen LogP contribution >= 0.6 is 11.6 Å². The number of aryl methyl sites for hydroxylation is 2. The summed E-state index contributed by atoms with van der Waals surface area (Å²) >= 11 is 6.23. The van der Waals surface area contributed by atoms with Gasteiger partial charge in [0.15, 0.2) is 0 Å². The van der Waals surface area contributed by atoms with Crippen molar-refractivity contribution in [1.29, 1.82) is 0 Å². The first-order valence-electron chi connectivity index (χ1n) is 5.77. The second-order valence-electron chi connectivity index (χ2n) is 4.64. The molecule has 0 saturated heterocycles. The van der Waals surface area contributed by atoms with Gasteiger partial charge in [-0.15, -0.1) is 0 Å². The van der Waals surface area contributed by atoms with E-state index in [-0.39, 0.29) is 0 Å². The lowest BCUT2D eigenvalue weighted by Crippen LogP contribution is -2.45. The molecule has 0 bridgehead atoms. The zero-order valence-electron chi connectivity index (χ0n) is 9.83. The van der Waals surface area contributed by atoms with Gasteiger partial charge in [-0.3, -0.25) is 16.0 Å². The summed E-state index contributed by atoms with van der Waals surface area (Å²) in [6, 6.07) is 0.320. The minimum Gasteiger partial charge on any atom is -0.271 e. The molecule has 1 aliphatic rings. The predicted molar refractivity (Wildman–Crippen MR) is 65.1 cm³/mol. The van der Waals surface area contributed by atoms with E-state index in [0.717, 1.165) is 22.8 Å². The van der Waals surface area contributed by atoms with Crippen LogP contribution < -0.4 is 11.3 Å². The highest BCUT2D eigenvalue weighted by molar-refractivity contribution is 6.31. The summed E-state index contributed by atoms with van der Waals surface area (Å²) in [5.41, 5.74) is 4.89. The number of rotatable bonds is 4. The summed E-state index contributed by atoms with van der Waals surface area (Å²) in [6.45, 7) is 1.93. The van der Waals surface area contributed by atoms with E-state index in [9.17, 15) is 0 Å². The Kier molecular flexibility index (Phi) is 3.52. The number of nitrogens with two attached hydrogens (primary N) is 1. The smallest absolute Gasteiger partial charge is 0.0847 e. The molecule has 1 atom stereocenters. The first kappa shape index (κ1) is 11.9. The Morgan fingerprint density at radius 3 is 2.69 bits per heavy atom. The van der Waals surface area contributed by atoms with Crippen LogP contribution in [-0.4, -0.2) is 15.8 Å². The van der Waals surface area contributed by atoms with E-state index in [1.165, 1.54) is 19.3 Å². The number of halogens is 1. The van der Waals surface area contributed by atoms with Crippen LogP contribution in [0.4, 0.5) is 0 Å². The zero-order valence-corrected chi connectivity index (χ0v) is 10.6. The van der Waals surface area contributed by atoms with Crippen LogP contribution in [0.5, 0.6) is 0 Å². The van der Waals surface area contributed by atoms with Gasteiger partial charge in [0.2, 0.25) is 0 Å². The first-order chi connectivity index (χ1) is 7.63. The van der Waals surface area contributed by atoms with E-state index in [1.807, 2.05) is 18.7 Å². The van der Waals surface area contributed by atoms with Gasteiger partial charge >= 0.3 is 0 Å². The van der Waals surface area contributed by atoms with Crippen LogP contribution in [0, 0.1) is 12.8 Å². The number of nitrogens with zero attached hydrogens (tertiary/aromatic N) is 2. The highest BCUT2D eigenvalue weighted by Gasteiger charge is 2.28. The van der Waals surface area contributed by atoms with E-state index in [4.69, 9.17) is 17.4 Å². The Balaban J connectivity index is 2.11. The fraction of sp³-hybridized carbons (Fsp3) is 0.727. The maximum Gasteiger partial charge on any atom is 0.0847 e. The van der Waals surface area contributed by atoms with Gasteiger partial charge in [0.1, 0.15) is 0 Å². The molecule has 0 radical (unpaired) electrons. The molecule has 1 heterocycles. The fourth-order valence-electron chi connectivity index (χ4n) is 2.31. The molecule has 0 aliphatic heterocycles. The van der Waals surface area contributed by atoms with Crippen LogP contribution in [0.15, 0.2) is 0 Å². The van der Waals surface area contributed by atoms with Crippen molar-refractivity contribution in [3.05, 3.63) is 16.4 Å². The average Bonchev–Trinajstić information content (AvgIpc) is 2.40. The van der Waals surface area contributed by atoms with Gasteiger partial charge < -0.3 is 0 Å². The first-order valence-corrected chi connectivity index (χ1v) is 6.15. The van der Waals surface area contributed by atoms with Crippen molar-refractivity contribution in [2.75, 3.05) is 0 Å². The largest absolute Gasteiger partial charge is 0.271 e. The summed E-state index contributed by atoms with van der Waals surface area (Å²) in [5.74, 6) is 6.31. The van der Waals surface area contributed by atoms with Crippen LogP contribution in [-0.2, 0) is 13.5 Å². The number of aromatic nitrogens is 2. The normalized spacial score (nSPS) is 18.5. The van der Waals surface area contributed by atoms with Gasteiger partial charge in [-0.2, -0.15) is 5.10 Å². The Hall–Kier alpha value is -0.580. The molecule has 1 fully saturated rings. The van der Waals surface area contributed by atoms with Crippen LogP contribution in [0.1, 0.15) is 30.7 Å². The van der Waals surface area contributed by atoms with E-state index in [2.05, 4.69) is 10.5 Å². The van der Waals surface area contributed by atoms with E-state index in [0.29, 0.717) is 12.0 Å². The lowest BCUT2D eigenvalue weighted by atomic mass is 9.78. The zero-order chi connectivity index (χ0) is 11.7. The maximum atomic E-state index is 6.23. The third-order valence-corrected chi connectivity index (χ3v) is 4.10. The summed E-state index contributed by atoms with van der Waals surface area (Å²) in [6.07, 6.45) is 4.71. The number of hydrogen-bond acceptors (Lipinski definition) is 3. The molecule has 5 heteroatoms. The van der Waals surface area contributed by atoms with E-state index in [1.54, 1.807) is 0 Å². The summed E-state index contributed by atoms with van der Waals surface area (Å²) in [4.78, 5) is 0. The molecular formula is C11H19ClN4. The van der Waals surface area contributed by atoms with Crippen LogP contribution in [0.25, 0.3) is 0 Å². The lowest BCUT2D eigenvalue weighted by Gasteiger charge is -2.33. The Morgan fingerprint density at radius 1 is 1.62 bits per heavy atom. The molecular weight excluding hydrogens is 224 g/mol. The van der Waals surface area contributed by atoms with E-state index >= 15 is 0 Å². The third kappa shape index (κ3) is 2.10. The van der Waals surface area contributed by atoms with Crippen molar-refractivity contribution in [2.24, 2.45) is 18.8 Å². The summed E-state index contributed by atoms with van der Waals surface area (Å²) < 4.78 is 1.86. The molecule has 1 aliphatic carbocycles. The van der Waals surface area contributed by atoms with Gasteiger partial charge in [-0.25, -0.2) is 0 Å². The topological polar surface area (TPSA) is 55.9 Å². The van der Waals surface area contributed by atoms with Crippen molar-refractivity contribution in [3.8, 4) is 0 Å². The van der Waals surface area contributed by atoms with Crippen LogP contribution in [0.2, 0.25) is 5.02 Å². The van der Waals surface area contributed by atoms with E-state index < -0.39 is 0 Å². The Labute approximate surface area is 101 Å². The molecule has 1 unspecified atom stereocenters.